The van der Waals surface area contributed by atoms with Crippen molar-refractivity contribution in [2.24, 2.45) is 11.8 Å². The first-order valence-corrected chi connectivity index (χ1v) is 6.49. The van der Waals surface area contributed by atoms with Gasteiger partial charge in [0.25, 0.3) is 0 Å². The maximum absolute atomic E-state index is 12.6. The number of phenolic OH excluding ortho intramolecular Hbond substituents is 1. The molecular weight excluding hydrogens is 244 g/mol. The molecule has 1 aliphatic heterocycles. The van der Waals surface area contributed by atoms with Crippen LogP contribution in [0.1, 0.15) is 27.1 Å². The second-order valence-corrected chi connectivity index (χ2v) is 5.70. The van der Waals surface area contributed by atoms with Gasteiger partial charge in [-0.15, -0.1) is 0 Å². The van der Waals surface area contributed by atoms with Crippen LogP contribution in [-0.4, -0.2) is 28.9 Å². The summed E-state index contributed by atoms with van der Waals surface area (Å²) in [5, 5.41) is 9.88. The van der Waals surface area contributed by atoms with Gasteiger partial charge in [0.15, 0.2) is 11.6 Å². The number of aromatic hydroxyl groups is 1. The molecule has 0 amide bonds. The fourth-order valence-corrected chi connectivity index (χ4v) is 4.12. The smallest absolute Gasteiger partial charge is 0.194 e. The molecule has 4 unspecified atom stereocenters. The fraction of sp³-hybridized carbons (Fsp3) is 0.333. The summed E-state index contributed by atoms with van der Waals surface area (Å²) in [6.07, 6.45) is 1.14. The molecule has 1 aromatic rings. The molecule has 1 saturated carbocycles. The van der Waals surface area contributed by atoms with Crippen LogP contribution in [0.2, 0.25) is 0 Å². The summed E-state index contributed by atoms with van der Waals surface area (Å²) >= 11 is 0. The van der Waals surface area contributed by atoms with E-state index in [9.17, 15) is 14.7 Å². The summed E-state index contributed by atoms with van der Waals surface area (Å²) in [5.74, 6) is -0.212. The van der Waals surface area contributed by atoms with Gasteiger partial charge >= 0.3 is 0 Å². The molecule has 4 heteroatoms. The predicted molar refractivity (Wildman–Crippen MR) is 64.1 cm³/mol. The van der Waals surface area contributed by atoms with Crippen LogP contribution >= 0.6 is 0 Å². The molecule has 4 nitrogen and oxygen atoms in total. The number of ketones is 2. The summed E-state index contributed by atoms with van der Waals surface area (Å²) < 4.78 is 5.55. The standard InChI is InChI=1S/C15H10O4/c16-8-3-1-2-5-9(8)13(18)11-7-4-6(10(11)12(5)17)14-15(7)19-14/h1-3,6-7,14-16H,4H2. The van der Waals surface area contributed by atoms with Gasteiger partial charge in [-0.05, 0) is 12.5 Å². The molecule has 1 aromatic carbocycles. The minimum Gasteiger partial charge on any atom is -0.507 e. The first kappa shape index (κ1) is 9.92. The molecule has 0 radical (unpaired) electrons. The monoisotopic (exact) mass is 254 g/mol. The molecule has 2 bridgehead atoms. The number of ether oxygens (including phenoxy) is 1. The van der Waals surface area contributed by atoms with Gasteiger partial charge in [-0.25, -0.2) is 0 Å². The van der Waals surface area contributed by atoms with Crippen LogP contribution in [0.15, 0.2) is 29.3 Å². The average molecular weight is 254 g/mol. The second-order valence-electron chi connectivity index (χ2n) is 5.70. The van der Waals surface area contributed by atoms with Gasteiger partial charge in [-0.3, -0.25) is 9.59 Å². The first-order valence-electron chi connectivity index (χ1n) is 6.49. The lowest BCUT2D eigenvalue weighted by Gasteiger charge is -2.22. The van der Waals surface area contributed by atoms with Gasteiger partial charge in [0, 0.05) is 28.5 Å². The number of Topliss-reactive ketones (excluding diaryl/α,β-unsaturated/α-hetero) is 2. The van der Waals surface area contributed by atoms with Crippen LogP contribution in [0.4, 0.5) is 0 Å². The van der Waals surface area contributed by atoms with E-state index in [0.29, 0.717) is 16.7 Å². The average Bonchev–Trinajstić information content (AvgIpc) is 3.01. The van der Waals surface area contributed by atoms with Crippen LogP contribution in [0.25, 0.3) is 0 Å². The maximum Gasteiger partial charge on any atom is 0.194 e. The minimum absolute atomic E-state index is 0.0641. The van der Waals surface area contributed by atoms with E-state index in [4.69, 9.17) is 4.74 Å². The lowest BCUT2D eigenvalue weighted by molar-refractivity contribution is 0.0962. The molecule has 94 valence electrons. The Morgan fingerprint density at radius 1 is 1.05 bits per heavy atom. The zero-order valence-electron chi connectivity index (χ0n) is 9.92. The van der Waals surface area contributed by atoms with Crippen LogP contribution in [0.3, 0.4) is 0 Å². The van der Waals surface area contributed by atoms with Gasteiger partial charge in [0.2, 0.25) is 0 Å². The third kappa shape index (κ3) is 0.942. The Kier molecular flexibility index (Phi) is 1.46. The van der Waals surface area contributed by atoms with Crippen LogP contribution in [0, 0.1) is 11.8 Å². The van der Waals surface area contributed by atoms with Crippen molar-refractivity contribution in [3.8, 4) is 5.75 Å². The second kappa shape index (κ2) is 2.80. The number of hydrogen-bond donors (Lipinski definition) is 1. The highest BCUT2D eigenvalue weighted by Gasteiger charge is 2.66. The van der Waals surface area contributed by atoms with Gasteiger partial charge in [-0.2, -0.15) is 0 Å². The zero-order chi connectivity index (χ0) is 12.9. The molecule has 0 spiro atoms. The highest BCUT2D eigenvalue weighted by atomic mass is 16.6. The van der Waals surface area contributed by atoms with Crippen molar-refractivity contribution in [2.75, 3.05) is 0 Å². The molecule has 1 N–H and O–H groups in total. The third-order valence-electron chi connectivity index (χ3n) is 4.90. The summed E-state index contributed by atoms with van der Waals surface area (Å²) in [6, 6.07) is 4.68. The van der Waals surface area contributed by atoms with Crippen molar-refractivity contribution < 1.29 is 19.4 Å². The lowest BCUT2D eigenvalue weighted by atomic mass is 9.77. The SMILES string of the molecule is O=C1C2=C(C(=O)c3c(O)cccc31)C1CC2C2OC12. The Bertz CT molecular complexity index is 715. The largest absolute Gasteiger partial charge is 0.507 e. The van der Waals surface area contributed by atoms with Crippen molar-refractivity contribution in [3.63, 3.8) is 0 Å². The number of rotatable bonds is 0. The quantitative estimate of drug-likeness (QED) is 0.712. The topological polar surface area (TPSA) is 66.9 Å². The molecule has 2 fully saturated rings. The maximum atomic E-state index is 12.6. The molecule has 5 rings (SSSR count). The number of fused-ring (bicyclic) bond motifs is 8. The Hall–Kier alpha value is -1.94. The van der Waals surface area contributed by atoms with Crippen LogP contribution < -0.4 is 0 Å². The fourth-order valence-electron chi connectivity index (χ4n) is 4.12. The van der Waals surface area contributed by atoms with Crippen molar-refractivity contribution in [2.45, 2.75) is 18.6 Å². The molecule has 4 atom stereocenters. The molecule has 1 heterocycles. The van der Waals surface area contributed by atoms with E-state index in [1.54, 1.807) is 12.1 Å². The Balaban J connectivity index is 1.79. The minimum atomic E-state index is -0.177. The lowest BCUT2D eigenvalue weighted by Crippen LogP contribution is -2.28. The molecule has 3 aliphatic carbocycles. The summed E-state index contributed by atoms with van der Waals surface area (Å²) in [5.41, 5.74) is 1.79. The highest BCUT2D eigenvalue weighted by Crippen LogP contribution is 2.61. The van der Waals surface area contributed by atoms with Crippen molar-refractivity contribution >= 4 is 11.6 Å². The number of epoxide rings is 1. The van der Waals surface area contributed by atoms with E-state index in [0.717, 1.165) is 6.42 Å². The molecule has 1 saturated heterocycles. The first-order chi connectivity index (χ1) is 9.18. The van der Waals surface area contributed by atoms with E-state index in [1.807, 2.05) is 0 Å². The number of carbonyl (C=O) groups excluding carboxylic acids is 2. The normalized spacial score (nSPS) is 37.3. The van der Waals surface area contributed by atoms with Gasteiger partial charge < -0.3 is 9.84 Å². The van der Waals surface area contributed by atoms with E-state index < -0.39 is 0 Å². The Labute approximate surface area is 108 Å². The van der Waals surface area contributed by atoms with Gasteiger partial charge in [0.1, 0.15) is 5.75 Å². The van der Waals surface area contributed by atoms with E-state index in [1.165, 1.54) is 6.07 Å². The number of phenols is 1. The number of benzene rings is 1. The molecule has 4 aliphatic rings. The Morgan fingerprint density at radius 3 is 2.47 bits per heavy atom. The molecular formula is C15H10O4. The van der Waals surface area contributed by atoms with E-state index in [-0.39, 0.29) is 46.9 Å². The summed E-state index contributed by atoms with van der Waals surface area (Å²) in [4.78, 5) is 25.2. The van der Waals surface area contributed by atoms with Crippen LogP contribution in [-0.2, 0) is 4.74 Å². The number of carbonyl (C=O) groups is 2. The van der Waals surface area contributed by atoms with Gasteiger partial charge in [-0.1, -0.05) is 12.1 Å². The third-order valence-corrected chi connectivity index (χ3v) is 4.90. The zero-order valence-corrected chi connectivity index (χ0v) is 9.92. The highest BCUT2D eigenvalue weighted by molar-refractivity contribution is 6.29. The Morgan fingerprint density at radius 2 is 1.74 bits per heavy atom. The van der Waals surface area contributed by atoms with Crippen molar-refractivity contribution in [3.05, 3.63) is 40.5 Å². The molecule has 0 aromatic heterocycles. The summed E-state index contributed by atoms with van der Waals surface area (Å²) in [7, 11) is 0. The van der Waals surface area contributed by atoms with E-state index >= 15 is 0 Å². The predicted octanol–water partition coefficient (Wildman–Crippen LogP) is 1.48. The molecule has 19 heavy (non-hydrogen) atoms. The van der Waals surface area contributed by atoms with Crippen molar-refractivity contribution in [1.82, 2.24) is 0 Å². The van der Waals surface area contributed by atoms with Crippen molar-refractivity contribution in [1.29, 1.82) is 0 Å². The summed E-state index contributed by atoms with van der Waals surface area (Å²) in [6.45, 7) is 0. The van der Waals surface area contributed by atoms with E-state index in [2.05, 4.69) is 0 Å². The van der Waals surface area contributed by atoms with Gasteiger partial charge in [0.05, 0.1) is 17.8 Å². The number of hydrogen-bond acceptors (Lipinski definition) is 4. The van der Waals surface area contributed by atoms with Crippen LogP contribution in [0.5, 0.6) is 5.75 Å².